The van der Waals surface area contributed by atoms with E-state index in [1.807, 2.05) is 24.0 Å². The molecule has 0 amide bonds. The third-order valence-corrected chi connectivity index (χ3v) is 5.87. The van der Waals surface area contributed by atoms with Crippen LogP contribution in [0.25, 0.3) is 0 Å². The lowest BCUT2D eigenvalue weighted by atomic mass is 9.94. The van der Waals surface area contributed by atoms with E-state index in [-0.39, 0.29) is 12.1 Å². The normalized spacial score (nSPS) is 26.3. The molecule has 3 heterocycles. The van der Waals surface area contributed by atoms with Crippen LogP contribution in [0, 0.1) is 6.92 Å². The van der Waals surface area contributed by atoms with E-state index in [1.165, 1.54) is 16.3 Å². The Kier molecular flexibility index (Phi) is 3.85. The Morgan fingerprint density at radius 3 is 2.70 bits per heavy atom. The van der Waals surface area contributed by atoms with Gasteiger partial charge in [0, 0.05) is 18.0 Å². The van der Waals surface area contributed by atoms with Gasteiger partial charge in [-0.15, -0.1) is 0 Å². The molecule has 1 aromatic carbocycles. The molecule has 1 aromatic heterocycles. The summed E-state index contributed by atoms with van der Waals surface area (Å²) in [6.07, 6.45) is 3.03. The summed E-state index contributed by atoms with van der Waals surface area (Å²) < 4.78 is 0. The summed E-state index contributed by atoms with van der Waals surface area (Å²) >= 11 is 1.89. The second-order valence-corrected chi connectivity index (χ2v) is 7.23. The van der Waals surface area contributed by atoms with Crippen LogP contribution in [-0.4, -0.2) is 26.8 Å². The van der Waals surface area contributed by atoms with Crippen LogP contribution in [0.4, 0.5) is 0 Å². The molecule has 4 heteroatoms. The van der Waals surface area contributed by atoms with Crippen molar-refractivity contribution < 1.29 is 0 Å². The molecule has 2 aliphatic heterocycles. The van der Waals surface area contributed by atoms with Crippen LogP contribution >= 0.6 is 11.8 Å². The predicted octanol–water partition coefficient (Wildman–Crippen LogP) is 4.37. The summed E-state index contributed by atoms with van der Waals surface area (Å²) in [7, 11) is 0. The number of amidine groups is 1. The molecule has 2 aromatic rings. The highest BCUT2D eigenvalue weighted by molar-refractivity contribution is 8.14. The molecule has 0 bridgehead atoms. The molecule has 4 rings (SSSR count). The first-order chi connectivity index (χ1) is 11.3. The number of benzene rings is 1. The average molecular weight is 323 g/mol. The van der Waals surface area contributed by atoms with Crippen molar-refractivity contribution in [2.24, 2.45) is 4.99 Å². The lowest BCUT2D eigenvalue weighted by molar-refractivity contribution is 0.255. The van der Waals surface area contributed by atoms with Crippen LogP contribution in [0.1, 0.15) is 42.2 Å². The predicted molar refractivity (Wildman–Crippen MR) is 96.7 cm³/mol. The second kappa shape index (κ2) is 6.00. The van der Waals surface area contributed by atoms with Crippen LogP contribution in [-0.2, 0) is 0 Å². The number of aromatic nitrogens is 1. The molecule has 3 unspecified atom stereocenters. The smallest absolute Gasteiger partial charge is 0.160 e. The van der Waals surface area contributed by atoms with E-state index >= 15 is 0 Å². The Labute approximate surface area is 141 Å². The molecular formula is C19H21N3S. The SMILES string of the molecule is CCC1CSC2=NC(c3ccccn3)C(c3ccc(C)cc3)N21. The Hall–Kier alpha value is -1.81. The third-order valence-electron chi connectivity index (χ3n) is 4.75. The zero-order chi connectivity index (χ0) is 15.8. The van der Waals surface area contributed by atoms with Crippen molar-refractivity contribution in [3.8, 4) is 0 Å². The lowest BCUT2D eigenvalue weighted by Gasteiger charge is -2.32. The molecule has 1 saturated heterocycles. The van der Waals surface area contributed by atoms with Gasteiger partial charge < -0.3 is 4.90 Å². The molecule has 0 saturated carbocycles. The van der Waals surface area contributed by atoms with Crippen molar-refractivity contribution in [2.75, 3.05) is 5.75 Å². The minimum absolute atomic E-state index is 0.0933. The van der Waals surface area contributed by atoms with Gasteiger partial charge >= 0.3 is 0 Å². The van der Waals surface area contributed by atoms with Gasteiger partial charge in [-0.05, 0) is 31.0 Å². The van der Waals surface area contributed by atoms with E-state index in [0.29, 0.717) is 6.04 Å². The molecule has 3 nitrogen and oxygen atoms in total. The highest BCUT2D eigenvalue weighted by Crippen LogP contribution is 2.48. The fourth-order valence-corrected chi connectivity index (χ4v) is 4.81. The molecule has 0 spiro atoms. The van der Waals surface area contributed by atoms with Crippen LogP contribution in [0.15, 0.2) is 53.7 Å². The Morgan fingerprint density at radius 1 is 1.17 bits per heavy atom. The van der Waals surface area contributed by atoms with Crippen LogP contribution in [0.5, 0.6) is 0 Å². The van der Waals surface area contributed by atoms with Crippen molar-refractivity contribution in [3.63, 3.8) is 0 Å². The number of rotatable bonds is 3. The number of aliphatic imine (C=N–C) groups is 1. The molecule has 0 N–H and O–H groups in total. The fourth-order valence-electron chi connectivity index (χ4n) is 3.47. The fraction of sp³-hybridized carbons (Fsp3) is 0.368. The molecule has 1 fully saturated rings. The van der Waals surface area contributed by atoms with Crippen molar-refractivity contribution in [2.45, 2.75) is 38.4 Å². The van der Waals surface area contributed by atoms with Crippen molar-refractivity contribution in [1.82, 2.24) is 9.88 Å². The zero-order valence-corrected chi connectivity index (χ0v) is 14.3. The highest BCUT2D eigenvalue weighted by Gasteiger charge is 2.45. The molecule has 2 aliphatic rings. The van der Waals surface area contributed by atoms with E-state index in [1.54, 1.807) is 0 Å². The number of pyridine rings is 1. The minimum Gasteiger partial charge on any atom is -0.338 e. The van der Waals surface area contributed by atoms with E-state index < -0.39 is 0 Å². The lowest BCUT2D eigenvalue weighted by Crippen LogP contribution is -2.35. The van der Waals surface area contributed by atoms with Gasteiger partial charge in [0.2, 0.25) is 0 Å². The Bertz CT molecular complexity index is 711. The standard InChI is InChI=1S/C19H21N3S/c1-3-15-12-23-19-21-17(16-6-4-5-11-20-16)18(22(15)19)14-9-7-13(2)8-10-14/h4-11,15,17-18H,3,12H2,1-2H3. The van der Waals surface area contributed by atoms with E-state index in [2.05, 4.69) is 60.1 Å². The summed E-state index contributed by atoms with van der Waals surface area (Å²) in [5.74, 6) is 1.15. The quantitative estimate of drug-likeness (QED) is 0.840. The van der Waals surface area contributed by atoms with Crippen molar-refractivity contribution in [1.29, 1.82) is 0 Å². The van der Waals surface area contributed by atoms with Crippen LogP contribution in [0.2, 0.25) is 0 Å². The van der Waals surface area contributed by atoms with Gasteiger partial charge in [-0.3, -0.25) is 9.98 Å². The van der Waals surface area contributed by atoms with Crippen LogP contribution < -0.4 is 0 Å². The maximum atomic E-state index is 5.04. The topological polar surface area (TPSA) is 28.5 Å². The highest BCUT2D eigenvalue weighted by atomic mass is 32.2. The molecular weight excluding hydrogens is 302 g/mol. The van der Waals surface area contributed by atoms with E-state index in [0.717, 1.165) is 17.9 Å². The Balaban J connectivity index is 1.78. The molecule has 118 valence electrons. The maximum absolute atomic E-state index is 5.04. The zero-order valence-electron chi connectivity index (χ0n) is 13.5. The van der Waals surface area contributed by atoms with Gasteiger partial charge in [-0.25, -0.2) is 0 Å². The van der Waals surface area contributed by atoms with E-state index in [9.17, 15) is 0 Å². The third kappa shape index (κ3) is 2.55. The second-order valence-electron chi connectivity index (χ2n) is 6.25. The summed E-state index contributed by atoms with van der Waals surface area (Å²) in [5.41, 5.74) is 3.70. The molecule has 3 atom stereocenters. The van der Waals surface area contributed by atoms with Gasteiger partial charge in [-0.1, -0.05) is 54.6 Å². The largest absolute Gasteiger partial charge is 0.338 e. The summed E-state index contributed by atoms with van der Waals surface area (Å²) in [5, 5.41) is 1.19. The number of hydrogen-bond acceptors (Lipinski definition) is 4. The first kappa shape index (κ1) is 14.8. The van der Waals surface area contributed by atoms with Gasteiger partial charge in [-0.2, -0.15) is 0 Å². The monoisotopic (exact) mass is 323 g/mol. The molecule has 0 radical (unpaired) electrons. The van der Waals surface area contributed by atoms with Gasteiger partial charge in [0.25, 0.3) is 0 Å². The van der Waals surface area contributed by atoms with Gasteiger partial charge in [0.05, 0.1) is 11.7 Å². The molecule has 23 heavy (non-hydrogen) atoms. The number of thioether (sulfide) groups is 1. The van der Waals surface area contributed by atoms with Gasteiger partial charge in [0.1, 0.15) is 6.04 Å². The minimum atomic E-state index is 0.0933. The van der Waals surface area contributed by atoms with Crippen molar-refractivity contribution in [3.05, 3.63) is 65.5 Å². The number of nitrogens with zero attached hydrogens (tertiary/aromatic N) is 3. The van der Waals surface area contributed by atoms with E-state index in [4.69, 9.17) is 4.99 Å². The summed E-state index contributed by atoms with van der Waals surface area (Å²) in [6, 6.07) is 16.0. The summed E-state index contributed by atoms with van der Waals surface area (Å²) in [4.78, 5) is 12.2. The van der Waals surface area contributed by atoms with Crippen molar-refractivity contribution >= 4 is 16.9 Å². The number of hydrogen-bond donors (Lipinski definition) is 0. The first-order valence-electron chi connectivity index (χ1n) is 8.24. The molecule has 0 aliphatic carbocycles. The number of fused-ring (bicyclic) bond motifs is 1. The number of aryl methyl sites for hydroxylation is 1. The Morgan fingerprint density at radius 2 is 2.00 bits per heavy atom. The summed E-state index contributed by atoms with van der Waals surface area (Å²) in [6.45, 7) is 4.41. The van der Waals surface area contributed by atoms with Gasteiger partial charge in [0.15, 0.2) is 5.17 Å². The first-order valence-corrected chi connectivity index (χ1v) is 9.23. The maximum Gasteiger partial charge on any atom is 0.160 e. The average Bonchev–Trinajstić information content (AvgIpc) is 3.15. The van der Waals surface area contributed by atoms with Crippen LogP contribution in [0.3, 0.4) is 0 Å².